The van der Waals surface area contributed by atoms with Crippen LogP contribution in [0.15, 0.2) is 11.1 Å². The van der Waals surface area contributed by atoms with Gasteiger partial charge in [-0.05, 0) is 36.0 Å². The Kier molecular flexibility index (Phi) is 6.97. The molecule has 9 unspecified atom stereocenters. The Bertz CT molecular complexity index is 1140. The zero-order chi connectivity index (χ0) is 28.6. The summed E-state index contributed by atoms with van der Waals surface area (Å²) in [6.07, 6.45) is 0.301. The molecule has 0 aromatic rings. The Morgan fingerprint density at radius 2 is 1.63 bits per heavy atom. The molecule has 210 valence electrons. The van der Waals surface area contributed by atoms with Gasteiger partial charge in [0.15, 0.2) is 11.6 Å². The van der Waals surface area contributed by atoms with Crippen molar-refractivity contribution < 1.29 is 39.3 Å². The van der Waals surface area contributed by atoms with Crippen molar-refractivity contribution in [1.82, 2.24) is 0 Å². The van der Waals surface area contributed by atoms with Crippen LogP contribution in [-0.4, -0.2) is 57.1 Å². The number of rotatable bonds is 7. The maximum absolute atomic E-state index is 14.1. The number of hydrogen-bond donors (Lipinski definition) is 3. The number of aliphatic carboxylic acids is 1. The second-order valence-electron chi connectivity index (χ2n) is 13.6. The van der Waals surface area contributed by atoms with Gasteiger partial charge in [0.05, 0.1) is 24.0 Å². The largest absolute Gasteiger partial charge is 0.481 e. The van der Waals surface area contributed by atoms with Crippen LogP contribution in [0.1, 0.15) is 86.5 Å². The molecule has 0 heterocycles. The van der Waals surface area contributed by atoms with E-state index in [1.54, 1.807) is 6.92 Å². The predicted molar refractivity (Wildman–Crippen MR) is 138 cm³/mol. The fourth-order valence-electron chi connectivity index (χ4n) is 8.96. The summed E-state index contributed by atoms with van der Waals surface area (Å²) in [6.45, 7) is 10.5. The Balaban J connectivity index is 1.76. The lowest BCUT2D eigenvalue weighted by molar-refractivity contribution is -0.152. The number of carbonyl (C=O) groups excluding carboxylic acids is 4. The number of fused-ring (bicyclic) bond motifs is 4. The first-order chi connectivity index (χ1) is 17.5. The van der Waals surface area contributed by atoms with Crippen LogP contribution in [-0.2, 0) is 24.0 Å². The smallest absolute Gasteiger partial charge is 0.306 e. The number of carboxylic acid groups (broad SMARTS) is 1. The summed E-state index contributed by atoms with van der Waals surface area (Å²) in [4.78, 5) is 64.8. The van der Waals surface area contributed by atoms with Gasteiger partial charge >= 0.3 is 5.97 Å². The minimum absolute atomic E-state index is 0.0373. The van der Waals surface area contributed by atoms with Gasteiger partial charge in [-0.15, -0.1) is 0 Å². The van der Waals surface area contributed by atoms with Gasteiger partial charge < -0.3 is 15.3 Å². The molecule has 2 saturated carbocycles. The normalized spacial score (nSPS) is 42.3. The number of ketones is 4. The van der Waals surface area contributed by atoms with Crippen LogP contribution < -0.4 is 0 Å². The molecule has 0 bridgehead atoms. The number of Topliss-reactive ketones (excluding diaryl/α,β-unsaturated/α-hetero) is 4. The first kappa shape index (κ1) is 28.8. The van der Waals surface area contributed by atoms with Crippen molar-refractivity contribution in [1.29, 1.82) is 0 Å². The van der Waals surface area contributed by atoms with E-state index in [-0.39, 0.29) is 73.7 Å². The number of carbonyl (C=O) groups is 5. The molecule has 9 atom stereocenters. The third-order valence-corrected chi connectivity index (χ3v) is 11.5. The fraction of sp³-hybridized carbons (Fsp3) is 0.767. The van der Waals surface area contributed by atoms with Crippen LogP contribution in [0.4, 0.5) is 0 Å². The third-order valence-electron chi connectivity index (χ3n) is 11.5. The van der Waals surface area contributed by atoms with Crippen molar-refractivity contribution in [2.24, 2.45) is 45.3 Å². The molecule has 3 N–H and O–H groups in total. The topological polar surface area (TPSA) is 146 Å². The van der Waals surface area contributed by atoms with E-state index in [9.17, 15) is 39.3 Å². The molecule has 4 aliphatic rings. The minimum atomic E-state index is -1.11. The lowest BCUT2D eigenvalue weighted by Crippen LogP contribution is -2.60. The van der Waals surface area contributed by atoms with Gasteiger partial charge in [-0.2, -0.15) is 0 Å². The zero-order valence-corrected chi connectivity index (χ0v) is 23.4. The van der Waals surface area contributed by atoms with Crippen molar-refractivity contribution in [3.05, 3.63) is 11.1 Å². The summed E-state index contributed by atoms with van der Waals surface area (Å²) in [5.74, 6) is -3.38. The lowest BCUT2D eigenvalue weighted by atomic mass is 9.42. The lowest BCUT2D eigenvalue weighted by Gasteiger charge is -2.59. The monoisotopic (exact) mass is 530 g/mol. The van der Waals surface area contributed by atoms with E-state index in [2.05, 4.69) is 0 Å². The molecule has 4 rings (SSSR count). The third kappa shape index (κ3) is 3.73. The molecule has 0 aromatic carbocycles. The molecule has 8 heteroatoms. The number of aliphatic hydroxyl groups is 2. The average molecular weight is 531 g/mol. The summed E-state index contributed by atoms with van der Waals surface area (Å²) < 4.78 is 0. The standard InChI is InChI=1S/C30H42O8/c1-15(9-17(32)10-16(2)26(37)38)18-11-23(36)30(6)25-19(33)12-21-27(3,8-7-22(35)28(21,4)14-31)24(25)20(34)13-29(18,30)5/h15-16,18,21,23,31,36H,7-14H2,1-6H3,(H,37,38). The summed E-state index contributed by atoms with van der Waals surface area (Å²) in [7, 11) is 0. The molecular formula is C30H42O8. The van der Waals surface area contributed by atoms with Gasteiger partial charge in [0, 0.05) is 54.1 Å². The molecular weight excluding hydrogens is 488 g/mol. The van der Waals surface area contributed by atoms with Crippen LogP contribution >= 0.6 is 0 Å². The highest BCUT2D eigenvalue weighted by atomic mass is 16.4. The maximum Gasteiger partial charge on any atom is 0.306 e. The zero-order valence-electron chi connectivity index (χ0n) is 23.4. The van der Waals surface area contributed by atoms with Crippen LogP contribution in [0.3, 0.4) is 0 Å². The minimum Gasteiger partial charge on any atom is -0.481 e. The van der Waals surface area contributed by atoms with E-state index in [1.807, 2.05) is 27.7 Å². The molecule has 0 saturated heterocycles. The van der Waals surface area contributed by atoms with Crippen molar-refractivity contribution in [3.8, 4) is 0 Å². The molecule has 38 heavy (non-hydrogen) atoms. The van der Waals surface area contributed by atoms with Crippen molar-refractivity contribution in [2.45, 2.75) is 92.6 Å². The Hall–Kier alpha value is -2.19. The first-order valence-electron chi connectivity index (χ1n) is 13.9. The highest BCUT2D eigenvalue weighted by Gasteiger charge is 2.70. The van der Waals surface area contributed by atoms with E-state index in [1.165, 1.54) is 6.92 Å². The van der Waals surface area contributed by atoms with Gasteiger partial charge in [-0.3, -0.25) is 24.0 Å². The predicted octanol–water partition coefficient (Wildman–Crippen LogP) is 3.31. The highest BCUT2D eigenvalue weighted by Crippen LogP contribution is 2.70. The van der Waals surface area contributed by atoms with E-state index in [0.717, 1.165) is 0 Å². The van der Waals surface area contributed by atoms with Gasteiger partial charge in [0.1, 0.15) is 11.6 Å². The summed E-state index contributed by atoms with van der Waals surface area (Å²) in [5.41, 5.74) is -2.83. The fourth-order valence-corrected chi connectivity index (χ4v) is 8.96. The van der Waals surface area contributed by atoms with Gasteiger partial charge in [0.2, 0.25) is 0 Å². The second-order valence-corrected chi connectivity index (χ2v) is 13.6. The van der Waals surface area contributed by atoms with Crippen molar-refractivity contribution in [2.75, 3.05) is 6.61 Å². The van der Waals surface area contributed by atoms with E-state index in [4.69, 9.17) is 0 Å². The van der Waals surface area contributed by atoms with Crippen molar-refractivity contribution in [3.63, 3.8) is 0 Å². The quantitative estimate of drug-likeness (QED) is 0.454. The van der Waals surface area contributed by atoms with E-state index < -0.39 is 45.6 Å². The molecule has 0 aliphatic heterocycles. The Morgan fingerprint density at radius 1 is 1.00 bits per heavy atom. The van der Waals surface area contributed by atoms with E-state index >= 15 is 0 Å². The molecule has 0 aromatic heterocycles. The number of aliphatic hydroxyl groups excluding tert-OH is 2. The van der Waals surface area contributed by atoms with Gasteiger partial charge in [-0.1, -0.05) is 41.5 Å². The molecule has 0 amide bonds. The van der Waals surface area contributed by atoms with Crippen LogP contribution in [0.5, 0.6) is 0 Å². The Labute approximate surface area is 224 Å². The Morgan fingerprint density at radius 3 is 2.21 bits per heavy atom. The molecule has 8 nitrogen and oxygen atoms in total. The number of carboxylic acids is 1. The van der Waals surface area contributed by atoms with Crippen LogP contribution in [0.25, 0.3) is 0 Å². The van der Waals surface area contributed by atoms with E-state index in [0.29, 0.717) is 24.0 Å². The first-order valence-corrected chi connectivity index (χ1v) is 13.9. The molecule has 2 fully saturated rings. The highest BCUT2D eigenvalue weighted by molar-refractivity contribution is 6.12. The van der Waals surface area contributed by atoms with Gasteiger partial charge in [0.25, 0.3) is 0 Å². The second kappa shape index (κ2) is 9.19. The van der Waals surface area contributed by atoms with Crippen molar-refractivity contribution >= 4 is 29.1 Å². The van der Waals surface area contributed by atoms with Gasteiger partial charge in [-0.25, -0.2) is 0 Å². The number of allylic oxidation sites excluding steroid dienone is 1. The summed E-state index contributed by atoms with van der Waals surface area (Å²) in [6, 6.07) is 0. The molecule has 0 radical (unpaired) electrons. The summed E-state index contributed by atoms with van der Waals surface area (Å²) >= 11 is 0. The number of hydrogen-bond acceptors (Lipinski definition) is 7. The molecule has 0 spiro atoms. The summed E-state index contributed by atoms with van der Waals surface area (Å²) in [5, 5.41) is 31.0. The van der Waals surface area contributed by atoms with Crippen LogP contribution in [0.2, 0.25) is 0 Å². The molecule has 4 aliphatic carbocycles. The van der Waals surface area contributed by atoms with Crippen LogP contribution in [0, 0.1) is 45.3 Å². The average Bonchev–Trinajstić information content (AvgIpc) is 3.03. The SMILES string of the molecule is CC(CC(=O)CC(C)C1CC(O)C2(C)C3=C(C(=O)CC12C)C1(C)CCC(=O)C(C)(CO)C1CC3=O)C(=O)O. The maximum atomic E-state index is 14.1.